The number of nitrogens with zero attached hydrogens (tertiary/aromatic N) is 1. The van der Waals surface area contributed by atoms with Gasteiger partial charge in [0, 0.05) is 25.2 Å². The van der Waals surface area contributed by atoms with Gasteiger partial charge in [-0.05, 0) is 18.6 Å². The summed E-state index contributed by atoms with van der Waals surface area (Å²) in [6.07, 6.45) is 4.36. The van der Waals surface area contributed by atoms with Crippen molar-refractivity contribution in [1.29, 1.82) is 0 Å². The highest BCUT2D eigenvalue weighted by molar-refractivity contribution is 5.95. The minimum absolute atomic E-state index is 0.0352. The molecule has 0 saturated heterocycles. The van der Waals surface area contributed by atoms with E-state index in [1.165, 1.54) is 18.2 Å². The first-order valence-electron chi connectivity index (χ1n) is 6.84. The molecule has 0 fully saturated rings. The van der Waals surface area contributed by atoms with E-state index in [1.807, 2.05) is 0 Å². The number of amides is 1. The topological polar surface area (TPSA) is 84.3 Å². The smallest absolute Gasteiger partial charge is 0.292 e. The molecule has 0 aliphatic carbocycles. The van der Waals surface area contributed by atoms with E-state index >= 15 is 0 Å². The molecule has 1 aromatic carbocycles. The number of hydrogen-bond acceptors (Lipinski definition) is 4. The number of nitro groups is 1. The maximum Gasteiger partial charge on any atom is 0.292 e. The molecular formula is C14H21N3O3. The van der Waals surface area contributed by atoms with E-state index in [9.17, 15) is 14.9 Å². The fourth-order valence-electron chi connectivity index (χ4n) is 1.89. The Morgan fingerprint density at radius 1 is 1.30 bits per heavy atom. The van der Waals surface area contributed by atoms with Gasteiger partial charge < -0.3 is 10.6 Å². The highest BCUT2D eigenvalue weighted by Gasteiger charge is 2.15. The Morgan fingerprint density at radius 3 is 2.65 bits per heavy atom. The van der Waals surface area contributed by atoms with Crippen LogP contribution in [0.5, 0.6) is 0 Å². The number of carbonyl (C=O) groups excluding carboxylic acids is 1. The summed E-state index contributed by atoms with van der Waals surface area (Å²) in [5.41, 5.74) is 0.732. The molecule has 6 nitrogen and oxygen atoms in total. The second kappa shape index (κ2) is 8.14. The lowest BCUT2D eigenvalue weighted by molar-refractivity contribution is -0.383. The Bertz CT molecular complexity index is 475. The van der Waals surface area contributed by atoms with Crippen molar-refractivity contribution in [2.24, 2.45) is 0 Å². The van der Waals surface area contributed by atoms with Crippen molar-refractivity contribution < 1.29 is 9.72 Å². The van der Waals surface area contributed by atoms with Gasteiger partial charge in [-0.25, -0.2) is 0 Å². The van der Waals surface area contributed by atoms with E-state index in [1.54, 1.807) is 7.05 Å². The highest BCUT2D eigenvalue weighted by Crippen LogP contribution is 2.24. The van der Waals surface area contributed by atoms with E-state index < -0.39 is 4.92 Å². The van der Waals surface area contributed by atoms with Crippen LogP contribution in [0.3, 0.4) is 0 Å². The lowest BCUT2D eigenvalue weighted by Gasteiger charge is -2.07. The Kier molecular flexibility index (Phi) is 6.49. The quantitative estimate of drug-likeness (QED) is 0.435. The standard InChI is InChI=1S/C14H21N3O3/c1-3-4-5-6-9-16-14(18)11-7-8-13(17(19)20)12(10-11)15-2/h7-8,10,15H,3-6,9H2,1-2H3,(H,16,18). The molecule has 0 bridgehead atoms. The van der Waals surface area contributed by atoms with Gasteiger partial charge in [-0.15, -0.1) is 0 Å². The van der Waals surface area contributed by atoms with Gasteiger partial charge in [0.25, 0.3) is 11.6 Å². The molecule has 0 aliphatic rings. The van der Waals surface area contributed by atoms with Gasteiger partial charge >= 0.3 is 0 Å². The predicted molar refractivity (Wildman–Crippen MR) is 79.1 cm³/mol. The average molecular weight is 279 g/mol. The van der Waals surface area contributed by atoms with Crippen LogP contribution in [0.4, 0.5) is 11.4 Å². The lowest BCUT2D eigenvalue weighted by Crippen LogP contribution is -2.24. The first-order chi connectivity index (χ1) is 9.60. The van der Waals surface area contributed by atoms with Crippen molar-refractivity contribution in [3.8, 4) is 0 Å². The van der Waals surface area contributed by atoms with Gasteiger partial charge in [0.1, 0.15) is 5.69 Å². The van der Waals surface area contributed by atoms with Crippen LogP contribution >= 0.6 is 0 Å². The van der Waals surface area contributed by atoms with E-state index in [0.717, 1.165) is 25.7 Å². The zero-order valence-corrected chi connectivity index (χ0v) is 11.9. The predicted octanol–water partition coefficient (Wildman–Crippen LogP) is 2.95. The van der Waals surface area contributed by atoms with Crippen LogP contribution in [0.2, 0.25) is 0 Å². The third-order valence-electron chi connectivity index (χ3n) is 3.04. The highest BCUT2D eigenvalue weighted by atomic mass is 16.6. The Morgan fingerprint density at radius 2 is 2.05 bits per heavy atom. The van der Waals surface area contributed by atoms with E-state index in [0.29, 0.717) is 17.8 Å². The molecule has 6 heteroatoms. The van der Waals surface area contributed by atoms with Crippen molar-refractivity contribution in [2.45, 2.75) is 32.6 Å². The normalized spacial score (nSPS) is 10.1. The molecular weight excluding hydrogens is 258 g/mol. The lowest BCUT2D eigenvalue weighted by atomic mass is 10.1. The van der Waals surface area contributed by atoms with Gasteiger partial charge in [-0.2, -0.15) is 0 Å². The molecule has 20 heavy (non-hydrogen) atoms. The van der Waals surface area contributed by atoms with Crippen molar-refractivity contribution in [1.82, 2.24) is 5.32 Å². The Balaban J connectivity index is 2.62. The van der Waals surface area contributed by atoms with E-state index in [4.69, 9.17) is 0 Å². The van der Waals surface area contributed by atoms with Crippen LogP contribution < -0.4 is 10.6 Å². The van der Waals surface area contributed by atoms with Crippen LogP contribution in [0.15, 0.2) is 18.2 Å². The third-order valence-corrected chi connectivity index (χ3v) is 3.04. The Labute approximate surface area is 118 Å². The number of hydrogen-bond donors (Lipinski definition) is 2. The zero-order chi connectivity index (χ0) is 15.0. The molecule has 0 aromatic heterocycles. The summed E-state index contributed by atoms with van der Waals surface area (Å²) in [4.78, 5) is 22.2. The monoisotopic (exact) mass is 279 g/mol. The summed E-state index contributed by atoms with van der Waals surface area (Å²) in [7, 11) is 1.59. The number of unbranched alkanes of at least 4 members (excludes halogenated alkanes) is 3. The fourth-order valence-corrected chi connectivity index (χ4v) is 1.89. The maximum atomic E-state index is 11.9. The minimum atomic E-state index is -0.474. The molecule has 2 N–H and O–H groups in total. The molecule has 0 saturated carbocycles. The summed E-state index contributed by atoms with van der Waals surface area (Å²) in [6.45, 7) is 2.76. The largest absolute Gasteiger partial charge is 0.383 e. The average Bonchev–Trinajstić information content (AvgIpc) is 2.45. The summed E-state index contributed by atoms with van der Waals surface area (Å²) >= 11 is 0. The summed E-state index contributed by atoms with van der Waals surface area (Å²) in [5.74, 6) is -0.201. The molecule has 0 unspecified atom stereocenters. The van der Waals surface area contributed by atoms with Crippen molar-refractivity contribution in [3.05, 3.63) is 33.9 Å². The number of nitrogens with one attached hydrogen (secondary N) is 2. The summed E-state index contributed by atoms with van der Waals surface area (Å²) < 4.78 is 0. The zero-order valence-electron chi connectivity index (χ0n) is 11.9. The second-order valence-electron chi connectivity index (χ2n) is 4.56. The van der Waals surface area contributed by atoms with Crippen molar-refractivity contribution >= 4 is 17.3 Å². The number of rotatable bonds is 8. The van der Waals surface area contributed by atoms with Crippen LogP contribution in [0.1, 0.15) is 43.0 Å². The number of carbonyl (C=O) groups is 1. The van der Waals surface area contributed by atoms with E-state index in [2.05, 4.69) is 17.6 Å². The van der Waals surface area contributed by atoms with Crippen LogP contribution in [-0.2, 0) is 0 Å². The molecule has 1 rings (SSSR count). The third kappa shape index (κ3) is 4.53. The maximum absolute atomic E-state index is 11.9. The van der Waals surface area contributed by atoms with Crippen LogP contribution in [-0.4, -0.2) is 24.4 Å². The molecule has 0 heterocycles. The number of benzene rings is 1. The first-order valence-corrected chi connectivity index (χ1v) is 6.84. The van der Waals surface area contributed by atoms with Crippen LogP contribution in [0.25, 0.3) is 0 Å². The molecule has 1 aromatic rings. The number of anilines is 1. The van der Waals surface area contributed by atoms with Gasteiger partial charge in [-0.1, -0.05) is 26.2 Å². The minimum Gasteiger partial charge on any atom is -0.383 e. The van der Waals surface area contributed by atoms with Crippen molar-refractivity contribution in [2.75, 3.05) is 18.9 Å². The molecule has 110 valence electrons. The summed E-state index contributed by atoms with van der Waals surface area (Å²) in [6, 6.07) is 4.32. The van der Waals surface area contributed by atoms with Gasteiger partial charge in [-0.3, -0.25) is 14.9 Å². The van der Waals surface area contributed by atoms with E-state index in [-0.39, 0.29) is 11.6 Å². The summed E-state index contributed by atoms with van der Waals surface area (Å²) in [5, 5.41) is 16.4. The molecule has 0 aliphatic heterocycles. The van der Waals surface area contributed by atoms with Crippen LogP contribution in [0, 0.1) is 10.1 Å². The Hall–Kier alpha value is -2.11. The van der Waals surface area contributed by atoms with Gasteiger partial charge in [0.2, 0.25) is 0 Å². The number of nitro benzene ring substituents is 1. The molecule has 0 atom stereocenters. The van der Waals surface area contributed by atoms with Gasteiger partial charge in [0.15, 0.2) is 0 Å². The first kappa shape index (κ1) is 15.9. The van der Waals surface area contributed by atoms with Gasteiger partial charge in [0.05, 0.1) is 4.92 Å². The van der Waals surface area contributed by atoms with Crippen molar-refractivity contribution in [3.63, 3.8) is 0 Å². The fraction of sp³-hybridized carbons (Fsp3) is 0.500. The SMILES string of the molecule is CCCCCCNC(=O)c1ccc([N+](=O)[O-])c(NC)c1. The second-order valence-corrected chi connectivity index (χ2v) is 4.56. The molecule has 0 spiro atoms. The molecule has 1 amide bonds. The molecule has 0 radical (unpaired) electrons.